The zero-order valence-corrected chi connectivity index (χ0v) is 17.3. The first-order valence-electron chi connectivity index (χ1n) is 9.71. The number of nitrogens with one attached hydrogen (secondary N) is 3. The van der Waals surface area contributed by atoms with Gasteiger partial charge in [0.2, 0.25) is 0 Å². The van der Waals surface area contributed by atoms with Crippen molar-refractivity contribution in [2.75, 3.05) is 39.8 Å². The van der Waals surface area contributed by atoms with Crippen molar-refractivity contribution in [1.82, 2.24) is 5.32 Å². The number of rotatable bonds is 8. The average molecular weight is 398 g/mol. The molecule has 0 radical (unpaired) electrons. The van der Waals surface area contributed by atoms with Crippen LogP contribution in [0.25, 0.3) is 0 Å². The Kier molecular flexibility index (Phi) is 8.54. The second kappa shape index (κ2) is 10.6. The number of hydrogen-bond acceptors (Lipinski definition) is 3. The minimum Gasteiger partial charge on any atom is -0.467 e. The molecule has 1 saturated heterocycles. The maximum atomic E-state index is 12.4. The first kappa shape index (κ1) is 21.7. The van der Waals surface area contributed by atoms with Crippen molar-refractivity contribution in [1.29, 1.82) is 0 Å². The fourth-order valence-corrected chi connectivity index (χ4v) is 3.71. The lowest BCUT2D eigenvalue weighted by atomic mass is 9.99. The van der Waals surface area contributed by atoms with Gasteiger partial charge in [0.25, 0.3) is 5.91 Å². The van der Waals surface area contributed by atoms with Crippen LogP contribution >= 0.6 is 11.6 Å². The molecule has 0 spiro atoms. The maximum Gasteiger partial charge on any atom is 0.328 e. The van der Waals surface area contributed by atoms with E-state index in [9.17, 15) is 9.59 Å². The summed E-state index contributed by atoms with van der Waals surface area (Å²) in [6.45, 7) is 9.21. The third kappa shape index (κ3) is 6.79. The third-order valence-corrected chi connectivity index (χ3v) is 5.64. The highest BCUT2D eigenvalue weighted by atomic mass is 35.5. The largest absolute Gasteiger partial charge is 0.467 e. The topological polar surface area (TPSA) is 64.3 Å². The molecule has 0 aliphatic carbocycles. The molecule has 2 rings (SSSR count). The normalized spacial score (nSPS) is 21.9. The highest BCUT2D eigenvalue weighted by Gasteiger charge is 2.30. The van der Waals surface area contributed by atoms with Gasteiger partial charge in [-0.1, -0.05) is 44.0 Å². The summed E-state index contributed by atoms with van der Waals surface area (Å²) in [5.41, 5.74) is 1.24. The van der Waals surface area contributed by atoms with Crippen molar-refractivity contribution in [3.05, 3.63) is 34.9 Å². The minimum atomic E-state index is -0.568. The summed E-state index contributed by atoms with van der Waals surface area (Å²) in [4.78, 5) is 27.1. The SMILES string of the molecule is CC[C@@H](C)[C@@H](NC(=O)C[NH+]1CC[NH+](Cc2cccc(Cl)c2)CC1)C(=O)OC. The number of hydrogen-bond donors (Lipinski definition) is 3. The molecule has 1 aliphatic rings. The molecule has 0 unspecified atom stereocenters. The number of esters is 1. The summed E-state index contributed by atoms with van der Waals surface area (Å²) in [6, 6.07) is 7.43. The maximum absolute atomic E-state index is 12.4. The Morgan fingerprint density at radius 1 is 1.22 bits per heavy atom. The van der Waals surface area contributed by atoms with E-state index in [1.807, 2.05) is 32.0 Å². The highest BCUT2D eigenvalue weighted by molar-refractivity contribution is 6.30. The molecule has 1 aromatic carbocycles. The Balaban J connectivity index is 1.78. The number of amides is 1. The van der Waals surface area contributed by atoms with Crippen molar-refractivity contribution < 1.29 is 24.1 Å². The summed E-state index contributed by atoms with van der Waals surface area (Å²) in [7, 11) is 1.36. The molecular formula is C20H32ClN3O3+2. The van der Waals surface area contributed by atoms with Crippen LogP contribution in [-0.2, 0) is 20.9 Å². The molecule has 27 heavy (non-hydrogen) atoms. The average Bonchev–Trinajstić information content (AvgIpc) is 2.66. The van der Waals surface area contributed by atoms with Gasteiger partial charge in [-0.25, -0.2) is 4.79 Å². The van der Waals surface area contributed by atoms with Crippen molar-refractivity contribution >= 4 is 23.5 Å². The first-order valence-corrected chi connectivity index (χ1v) is 10.1. The number of ether oxygens (including phenoxy) is 1. The fraction of sp³-hybridized carbons (Fsp3) is 0.600. The van der Waals surface area contributed by atoms with Crippen LogP contribution in [0.2, 0.25) is 5.02 Å². The highest BCUT2D eigenvalue weighted by Crippen LogP contribution is 2.10. The van der Waals surface area contributed by atoms with E-state index < -0.39 is 6.04 Å². The van der Waals surface area contributed by atoms with Crippen LogP contribution < -0.4 is 15.1 Å². The van der Waals surface area contributed by atoms with E-state index in [1.54, 1.807) is 0 Å². The van der Waals surface area contributed by atoms with Gasteiger partial charge in [-0.2, -0.15) is 0 Å². The van der Waals surface area contributed by atoms with Gasteiger partial charge in [0, 0.05) is 10.6 Å². The fourth-order valence-electron chi connectivity index (χ4n) is 3.49. The van der Waals surface area contributed by atoms with Crippen LogP contribution in [0, 0.1) is 5.92 Å². The van der Waals surface area contributed by atoms with Crippen molar-refractivity contribution in [2.24, 2.45) is 5.92 Å². The molecule has 0 aromatic heterocycles. The van der Waals surface area contributed by atoms with E-state index in [0.717, 1.165) is 44.2 Å². The molecule has 7 heteroatoms. The summed E-state index contributed by atoms with van der Waals surface area (Å²) in [6.07, 6.45) is 0.804. The van der Waals surface area contributed by atoms with Crippen LogP contribution in [0.15, 0.2) is 24.3 Å². The molecular weight excluding hydrogens is 366 g/mol. The van der Waals surface area contributed by atoms with Crippen LogP contribution in [-0.4, -0.2) is 57.8 Å². The molecule has 0 saturated carbocycles. The lowest BCUT2D eigenvalue weighted by molar-refractivity contribution is -1.02. The Morgan fingerprint density at radius 2 is 1.89 bits per heavy atom. The van der Waals surface area contributed by atoms with Crippen LogP contribution in [0.5, 0.6) is 0 Å². The summed E-state index contributed by atoms with van der Waals surface area (Å²) in [5, 5.41) is 3.64. The molecule has 150 valence electrons. The molecule has 0 bridgehead atoms. The Hall–Kier alpha value is -1.63. The molecule has 1 fully saturated rings. The van der Waals surface area contributed by atoms with Crippen molar-refractivity contribution in [3.8, 4) is 0 Å². The minimum absolute atomic E-state index is 0.0513. The number of methoxy groups -OCH3 is 1. The van der Waals surface area contributed by atoms with Gasteiger partial charge in [-0.05, 0) is 18.1 Å². The number of piperazine rings is 1. The van der Waals surface area contributed by atoms with E-state index in [0.29, 0.717) is 6.54 Å². The Labute approximate surface area is 166 Å². The summed E-state index contributed by atoms with van der Waals surface area (Å²) >= 11 is 6.06. The van der Waals surface area contributed by atoms with Crippen LogP contribution in [0.3, 0.4) is 0 Å². The van der Waals surface area contributed by atoms with E-state index in [4.69, 9.17) is 16.3 Å². The number of carbonyl (C=O) groups is 2. The summed E-state index contributed by atoms with van der Waals surface area (Å²) in [5.74, 6) is -0.405. The van der Waals surface area contributed by atoms with Crippen LogP contribution in [0.4, 0.5) is 0 Å². The molecule has 1 aromatic rings. The zero-order chi connectivity index (χ0) is 19.8. The van der Waals surface area contributed by atoms with Gasteiger partial charge >= 0.3 is 5.97 Å². The van der Waals surface area contributed by atoms with E-state index in [1.165, 1.54) is 22.5 Å². The predicted octanol–water partition coefficient (Wildman–Crippen LogP) is -0.673. The second-order valence-electron chi connectivity index (χ2n) is 7.44. The lowest BCUT2D eigenvalue weighted by Gasteiger charge is -2.30. The van der Waals surface area contributed by atoms with Gasteiger partial charge in [0.1, 0.15) is 38.8 Å². The molecule has 1 aliphatic heterocycles. The van der Waals surface area contributed by atoms with Crippen LogP contribution in [0.1, 0.15) is 25.8 Å². The van der Waals surface area contributed by atoms with Gasteiger partial charge in [-0.3, -0.25) is 4.79 Å². The van der Waals surface area contributed by atoms with E-state index in [2.05, 4.69) is 11.4 Å². The van der Waals surface area contributed by atoms with Gasteiger partial charge in [0.15, 0.2) is 6.54 Å². The lowest BCUT2D eigenvalue weighted by Crippen LogP contribution is -3.28. The molecule has 1 amide bonds. The standard InChI is InChI=1S/C20H30ClN3O3/c1-4-15(2)19(20(26)27-3)22-18(25)14-24-10-8-23(9-11-24)13-16-6-5-7-17(21)12-16/h5-7,12,15,19H,4,8-11,13-14H2,1-3H3,(H,22,25)/p+2/t15-,19-/m1/s1. The number of benzene rings is 1. The van der Waals surface area contributed by atoms with Gasteiger partial charge < -0.3 is 19.9 Å². The number of quaternary nitrogens is 2. The number of carbonyl (C=O) groups excluding carboxylic acids is 2. The molecule has 2 atom stereocenters. The van der Waals surface area contributed by atoms with E-state index >= 15 is 0 Å². The second-order valence-corrected chi connectivity index (χ2v) is 7.87. The van der Waals surface area contributed by atoms with Gasteiger partial charge in [-0.15, -0.1) is 0 Å². The number of halogens is 1. The third-order valence-electron chi connectivity index (χ3n) is 5.40. The predicted molar refractivity (Wildman–Crippen MR) is 105 cm³/mol. The van der Waals surface area contributed by atoms with Crippen molar-refractivity contribution in [2.45, 2.75) is 32.9 Å². The molecule has 6 nitrogen and oxygen atoms in total. The van der Waals surface area contributed by atoms with Crippen molar-refractivity contribution in [3.63, 3.8) is 0 Å². The first-order chi connectivity index (χ1) is 12.9. The Bertz CT molecular complexity index is 633. The summed E-state index contributed by atoms with van der Waals surface area (Å²) < 4.78 is 4.83. The zero-order valence-electron chi connectivity index (χ0n) is 16.5. The monoisotopic (exact) mass is 397 g/mol. The quantitative estimate of drug-likeness (QED) is 0.510. The van der Waals surface area contributed by atoms with Gasteiger partial charge in [0.05, 0.1) is 7.11 Å². The Morgan fingerprint density at radius 3 is 2.48 bits per heavy atom. The van der Waals surface area contributed by atoms with E-state index in [-0.39, 0.29) is 17.8 Å². The molecule has 1 heterocycles. The molecule has 3 N–H and O–H groups in total. The smallest absolute Gasteiger partial charge is 0.328 e.